The summed E-state index contributed by atoms with van der Waals surface area (Å²) in [6.07, 6.45) is 3.88. The van der Waals surface area contributed by atoms with E-state index in [1.165, 1.54) is 21.2 Å². The van der Waals surface area contributed by atoms with Crippen molar-refractivity contribution in [3.8, 4) is 0 Å². The lowest BCUT2D eigenvalue weighted by atomic mass is 9.81. The van der Waals surface area contributed by atoms with Crippen LogP contribution in [0, 0.1) is 6.92 Å². The Balaban J connectivity index is 1.69. The van der Waals surface area contributed by atoms with Crippen LogP contribution in [0.25, 0.3) is 0 Å². The Bertz CT molecular complexity index is 598. The van der Waals surface area contributed by atoms with Gasteiger partial charge < -0.3 is 4.90 Å². The Morgan fingerprint density at radius 2 is 2.10 bits per heavy atom. The van der Waals surface area contributed by atoms with Crippen molar-refractivity contribution in [2.75, 3.05) is 13.1 Å². The number of amides is 1. The Labute approximate surface area is 126 Å². The van der Waals surface area contributed by atoms with E-state index in [1.807, 2.05) is 16.5 Å². The van der Waals surface area contributed by atoms with E-state index in [0.717, 1.165) is 25.9 Å². The topological polar surface area (TPSA) is 46.1 Å². The van der Waals surface area contributed by atoms with Crippen molar-refractivity contribution in [2.45, 2.75) is 32.1 Å². The van der Waals surface area contributed by atoms with Gasteiger partial charge in [-0.05, 0) is 19.8 Å². The lowest BCUT2D eigenvalue weighted by Crippen LogP contribution is -2.44. The zero-order chi connectivity index (χ0) is 14.2. The van der Waals surface area contributed by atoms with Crippen LogP contribution in [0.4, 0.5) is 0 Å². The highest BCUT2D eigenvalue weighted by Gasteiger charge is 2.35. The molecule has 0 aromatic carbocycles. The quantitative estimate of drug-likeness (QED) is 0.856. The number of aromatic nitrogens is 2. The monoisotopic (exact) mass is 307 g/mol. The summed E-state index contributed by atoms with van der Waals surface area (Å²) in [6, 6.07) is 0. The van der Waals surface area contributed by atoms with Gasteiger partial charge in [0.05, 0.1) is 10.5 Å². The van der Waals surface area contributed by atoms with Gasteiger partial charge in [-0.15, -0.1) is 22.7 Å². The summed E-state index contributed by atoms with van der Waals surface area (Å²) in [4.78, 5) is 24.1. The fourth-order valence-corrected chi connectivity index (χ4v) is 4.02. The van der Waals surface area contributed by atoms with Crippen molar-refractivity contribution in [3.63, 3.8) is 0 Å². The van der Waals surface area contributed by atoms with E-state index in [1.54, 1.807) is 16.8 Å². The van der Waals surface area contributed by atoms with Crippen LogP contribution >= 0.6 is 22.7 Å². The smallest absolute Gasteiger partial charge is 0.273 e. The number of thiazole rings is 2. The van der Waals surface area contributed by atoms with Crippen molar-refractivity contribution in [2.24, 2.45) is 0 Å². The molecule has 1 fully saturated rings. The average molecular weight is 307 g/mol. The second kappa shape index (κ2) is 5.26. The van der Waals surface area contributed by atoms with Crippen molar-refractivity contribution < 1.29 is 4.79 Å². The first-order chi connectivity index (χ1) is 9.58. The minimum atomic E-state index is 0.0589. The Hall–Kier alpha value is -1.27. The summed E-state index contributed by atoms with van der Waals surface area (Å²) in [5.41, 5.74) is 2.39. The number of rotatable bonds is 2. The van der Waals surface area contributed by atoms with E-state index in [9.17, 15) is 4.79 Å². The fourth-order valence-electron chi connectivity index (χ4n) is 2.53. The molecule has 3 rings (SSSR count). The number of aryl methyl sites for hydroxylation is 1. The first-order valence-electron chi connectivity index (χ1n) is 6.69. The van der Waals surface area contributed by atoms with Crippen LogP contribution in [-0.2, 0) is 5.41 Å². The molecule has 0 unspecified atom stereocenters. The lowest BCUT2D eigenvalue weighted by Gasteiger charge is -2.37. The second-order valence-corrected chi connectivity index (χ2v) is 7.46. The van der Waals surface area contributed by atoms with Crippen LogP contribution in [0.15, 0.2) is 17.1 Å². The van der Waals surface area contributed by atoms with E-state index in [-0.39, 0.29) is 11.3 Å². The molecule has 1 aliphatic rings. The summed E-state index contributed by atoms with van der Waals surface area (Å²) >= 11 is 3.24. The molecule has 0 spiro atoms. The van der Waals surface area contributed by atoms with Gasteiger partial charge in [-0.1, -0.05) is 6.92 Å². The summed E-state index contributed by atoms with van der Waals surface area (Å²) < 4.78 is 0. The van der Waals surface area contributed by atoms with Gasteiger partial charge in [-0.25, -0.2) is 9.97 Å². The average Bonchev–Trinajstić information content (AvgIpc) is 3.10. The maximum absolute atomic E-state index is 12.3. The molecule has 0 aliphatic carbocycles. The summed E-state index contributed by atoms with van der Waals surface area (Å²) in [5, 5.41) is 3.02. The molecular formula is C14H17N3OS2. The maximum atomic E-state index is 12.3. The largest absolute Gasteiger partial charge is 0.337 e. The number of hydrogen-bond donors (Lipinski definition) is 0. The number of piperidine rings is 1. The highest BCUT2D eigenvalue weighted by molar-refractivity contribution is 7.11. The number of hydrogen-bond acceptors (Lipinski definition) is 5. The predicted octanol–water partition coefficient (Wildman–Crippen LogP) is 3.10. The molecule has 0 atom stereocenters. The van der Waals surface area contributed by atoms with Gasteiger partial charge in [0.2, 0.25) is 0 Å². The van der Waals surface area contributed by atoms with Gasteiger partial charge in [0.25, 0.3) is 5.91 Å². The van der Waals surface area contributed by atoms with Crippen molar-refractivity contribution in [1.82, 2.24) is 14.9 Å². The predicted molar refractivity (Wildman–Crippen MR) is 81.5 cm³/mol. The third-order valence-corrected chi connectivity index (χ3v) is 5.75. The van der Waals surface area contributed by atoms with Crippen molar-refractivity contribution in [1.29, 1.82) is 0 Å². The minimum Gasteiger partial charge on any atom is -0.337 e. The second-order valence-electron chi connectivity index (χ2n) is 5.50. The zero-order valence-electron chi connectivity index (χ0n) is 11.6. The van der Waals surface area contributed by atoms with E-state index >= 15 is 0 Å². The number of carbonyl (C=O) groups excluding carboxylic acids is 1. The molecule has 3 heterocycles. The summed E-state index contributed by atoms with van der Waals surface area (Å²) in [6.45, 7) is 5.92. The van der Waals surface area contributed by atoms with Crippen LogP contribution in [0.5, 0.6) is 0 Å². The molecule has 2 aromatic heterocycles. The minimum absolute atomic E-state index is 0.0589. The van der Waals surface area contributed by atoms with Crippen LogP contribution < -0.4 is 0 Å². The zero-order valence-corrected chi connectivity index (χ0v) is 13.3. The van der Waals surface area contributed by atoms with Crippen LogP contribution in [0.3, 0.4) is 0 Å². The van der Waals surface area contributed by atoms with Gasteiger partial charge in [-0.2, -0.15) is 0 Å². The molecule has 0 N–H and O–H groups in total. The van der Waals surface area contributed by atoms with E-state index < -0.39 is 0 Å². The molecule has 0 bridgehead atoms. The van der Waals surface area contributed by atoms with Gasteiger partial charge in [0, 0.05) is 35.0 Å². The summed E-state index contributed by atoms with van der Waals surface area (Å²) in [7, 11) is 0. The molecule has 1 amide bonds. The first kappa shape index (κ1) is 13.7. The standard InChI is InChI=1S/C14H17N3OS2/c1-10-7-15-13(20-10)14(2)3-5-17(6-4-14)12(18)11-8-19-9-16-11/h7-9H,3-6H2,1-2H3. The van der Waals surface area contributed by atoms with Crippen LogP contribution in [0.2, 0.25) is 0 Å². The Morgan fingerprint density at radius 3 is 2.65 bits per heavy atom. The van der Waals surface area contributed by atoms with Crippen molar-refractivity contribution >= 4 is 28.6 Å². The molecule has 1 aliphatic heterocycles. The third kappa shape index (κ3) is 2.50. The SMILES string of the molecule is Cc1cnc(C2(C)CCN(C(=O)c3cscn3)CC2)s1. The number of likely N-dealkylation sites (tertiary alicyclic amines) is 1. The molecule has 2 aromatic rings. The Morgan fingerprint density at radius 1 is 1.35 bits per heavy atom. The third-order valence-electron chi connectivity index (χ3n) is 3.94. The van der Waals surface area contributed by atoms with Gasteiger partial charge in [-0.3, -0.25) is 4.79 Å². The van der Waals surface area contributed by atoms with Gasteiger partial charge in [0.15, 0.2) is 0 Å². The number of nitrogens with zero attached hydrogens (tertiary/aromatic N) is 3. The van der Waals surface area contributed by atoms with Gasteiger partial charge >= 0.3 is 0 Å². The van der Waals surface area contributed by atoms with Crippen LogP contribution in [-0.4, -0.2) is 33.9 Å². The first-order valence-corrected chi connectivity index (χ1v) is 8.45. The molecule has 1 saturated heterocycles. The molecule has 106 valence electrons. The molecule has 0 saturated carbocycles. The lowest BCUT2D eigenvalue weighted by molar-refractivity contribution is 0.0671. The molecule has 0 radical (unpaired) electrons. The van der Waals surface area contributed by atoms with E-state index in [0.29, 0.717) is 5.69 Å². The number of carbonyl (C=O) groups is 1. The molecule has 6 heteroatoms. The molecule has 20 heavy (non-hydrogen) atoms. The fraction of sp³-hybridized carbons (Fsp3) is 0.500. The van der Waals surface area contributed by atoms with Crippen molar-refractivity contribution in [3.05, 3.63) is 32.7 Å². The van der Waals surface area contributed by atoms with E-state index in [2.05, 4.69) is 23.8 Å². The highest BCUT2D eigenvalue weighted by atomic mass is 32.1. The highest BCUT2D eigenvalue weighted by Crippen LogP contribution is 2.37. The maximum Gasteiger partial charge on any atom is 0.273 e. The van der Waals surface area contributed by atoms with Gasteiger partial charge in [0.1, 0.15) is 5.69 Å². The molecular weight excluding hydrogens is 290 g/mol. The Kier molecular flexibility index (Phi) is 3.60. The van der Waals surface area contributed by atoms with Crippen LogP contribution in [0.1, 0.15) is 40.1 Å². The summed E-state index contributed by atoms with van der Waals surface area (Å²) in [5.74, 6) is 0.0589. The van der Waals surface area contributed by atoms with E-state index in [4.69, 9.17) is 0 Å². The normalized spacial score (nSPS) is 18.2. The molecule has 4 nitrogen and oxygen atoms in total.